The van der Waals surface area contributed by atoms with Crippen molar-refractivity contribution in [2.24, 2.45) is 0 Å². The minimum absolute atomic E-state index is 0.479. The lowest BCUT2D eigenvalue weighted by Gasteiger charge is -2.01. The summed E-state index contributed by atoms with van der Waals surface area (Å²) in [5.74, 6) is -0.479. The highest BCUT2D eigenvalue weighted by Gasteiger charge is 1.83. The topological polar surface area (TPSA) is 61.6 Å². The standard InChI is InChI=1S/C5H13N.C3H6O3S/c1-4-5-6(2)3;1-2-3-7(4,5)6/h4-5H2,1-3H3;2H,1,3H2,(H,4,5,6). The molecular weight excluding hydrogens is 190 g/mol. The molecule has 0 amide bonds. The van der Waals surface area contributed by atoms with Gasteiger partial charge in [-0.05, 0) is 6.42 Å². The molecular formula is C8H19NO3S. The lowest BCUT2D eigenvalue weighted by Crippen LogP contribution is -3.05. The van der Waals surface area contributed by atoms with Crippen LogP contribution >= 0.6 is 0 Å². The van der Waals surface area contributed by atoms with Crippen LogP contribution in [0.4, 0.5) is 0 Å². The zero-order chi connectivity index (χ0) is 10.9. The quantitative estimate of drug-likeness (QED) is 0.490. The van der Waals surface area contributed by atoms with Crippen molar-refractivity contribution in [1.82, 2.24) is 0 Å². The molecule has 13 heavy (non-hydrogen) atoms. The molecule has 0 aliphatic carbocycles. The van der Waals surface area contributed by atoms with E-state index in [1.807, 2.05) is 0 Å². The molecule has 5 heteroatoms. The van der Waals surface area contributed by atoms with Crippen LogP contribution in [0, 0.1) is 0 Å². The SMILES string of the molecule is C=CCS(=O)(=O)[O-].CCC[NH+](C)C. The van der Waals surface area contributed by atoms with Gasteiger partial charge in [0.15, 0.2) is 0 Å². The van der Waals surface area contributed by atoms with Crippen LogP contribution in [0.1, 0.15) is 13.3 Å². The van der Waals surface area contributed by atoms with Crippen LogP contribution < -0.4 is 4.90 Å². The first-order chi connectivity index (χ1) is 5.83. The molecule has 0 aromatic rings. The Morgan fingerprint density at radius 2 is 1.92 bits per heavy atom. The molecule has 0 fully saturated rings. The summed E-state index contributed by atoms with van der Waals surface area (Å²) in [7, 11) is 0.298. The molecule has 0 saturated heterocycles. The van der Waals surface area contributed by atoms with Crippen molar-refractivity contribution in [3.63, 3.8) is 0 Å². The van der Waals surface area contributed by atoms with E-state index in [0.29, 0.717) is 0 Å². The maximum Gasteiger partial charge on any atom is 0.0982 e. The molecule has 0 saturated carbocycles. The molecule has 0 atom stereocenters. The van der Waals surface area contributed by atoms with E-state index in [9.17, 15) is 13.0 Å². The zero-order valence-corrected chi connectivity index (χ0v) is 9.36. The Kier molecular flexibility index (Phi) is 9.55. The van der Waals surface area contributed by atoms with Crippen molar-refractivity contribution < 1.29 is 17.9 Å². The third-order valence-corrected chi connectivity index (χ3v) is 1.72. The summed E-state index contributed by atoms with van der Waals surface area (Å²) in [6.07, 6.45) is 2.35. The van der Waals surface area contributed by atoms with Gasteiger partial charge in [0, 0.05) is 0 Å². The van der Waals surface area contributed by atoms with Gasteiger partial charge in [-0.1, -0.05) is 13.0 Å². The second kappa shape index (κ2) is 8.22. The van der Waals surface area contributed by atoms with E-state index in [-0.39, 0.29) is 0 Å². The largest absolute Gasteiger partial charge is 0.748 e. The van der Waals surface area contributed by atoms with Gasteiger partial charge in [0.2, 0.25) is 0 Å². The van der Waals surface area contributed by atoms with Crippen LogP contribution in [0.3, 0.4) is 0 Å². The van der Waals surface area contributed by atoms with Gasteiger partial charge in [-0.15, -0.1) is 6.58 Å². The maximum absolute atomic E-state index is 9.60. The predicted molar refractivity (Wildman–Crippen MR) is 52.7 cm³/mol. The first-order valence-corrected chi connectivity index (χ1v) is 5.74. The molecule has 0 unspecified atom stereocenters. The third-order valence-electron chi connectivity index (χ3n) is 1.07. The van der Waals surface area contributed by atoms with E-state index in [0.717, 1.165) is 6.08 Å². The monoisotopic (exact) mass is 209 g/mol. The molecule has 0 spiro atoms. The number of quaternary nitrogens is 1. The van der Waals surface area contributed by atoms with Gasteiger partial charge >= 0.3 is 0 Å². The molecule has 1 N–H and O–H groups in total. The smallest absolute Gasteiger partial charge is 0.0982 e. The lowest BCUT2D eigenvalue weighted by molar-refractivity contribution is -0.858. The third kappa shape index (κ3) is 24.5. The first kappa shape index (κ1) is 15.1. The predicted octanol–water partition coefficient (Wildman–Crippen LogP) is -0.741. The van der Waals surface area contributed by atoms with Crippen molar-refractivity contribution in [3.05, 3.63) is 12.7 Å². The molecule has 0 aliphatic rings. The molecule has 0 aromatic heterocycles. The van der Waals surface area contributed by atoms with Gasteiger partial charge < -0.3 is 9.45 Å². The summed E-state index contributed by atoms with van der Waals surface area (Å²) in [6, 6.07) is 0. The Hall–Kier alpha value is -0.390. The Morgan fingerprint density at radius 1 is 1.46 bits per heavy atom. The normalized spacial score (nSPS) is 10.5. The minimum atomic E-state index is -4.04. The van der Waals surface area contributed by atoms with Crippen LogP contribution in [-0.4, -0.2) is 39.4 Å². The van der Waals surface area contributed by atoms with Crippen molar-refractivity contribution in [2.75, 3.05) is 26.4 Å². The molecule has 0 radical (unpaired) electrons. The number of rotatable bonds is 4. The van der Waals surface area contributed by atoms with Gasteiger partial charge in [0.25, 0.3) is 0 Å². The van der Waals surface area contributed by atoms with Gasteiger partial charge in [0.05, 0.1) is 36.5 Å². The van der Waals surface area contributed by atoms with E-state index < -0.39 is 15.9 Å². The van der Waals surface area contributed by atoms with E-state index >= 15 is 0 Å². The summed E-state index contributed by atoms with van der Waals surface area (Å²) in [5, 5.41) is 0. The van der Waals surface area contributed by atoms with Crippen molar-refractivity contribution in [2.45, 2.75) is 13.3 Å². The van der Waals surface area contributed by atoms with Crippen molar-refractivity contribution >= 4 is 10.1 Å². The summed E-state index contributed by atoms with van der Waals surface area (Å²) in [5.41, 5.74) is 0. The average Bonchev–Trinajstić information content (AvgIpc) is 1.84. The fraction of sp³-hybridized carbons (Fsp3) is 0.750. The van der Waals surface area contributed by atoms with Crippen LogP contribution in [0.5, 0.6) is 0 Å². The second-order valence-corrected chi connectivity index (χ2v) is 4.42. The maximum atomic E-state index is 9.60. The molecule has 0 aliphatic heterocycles. The Balaban J connectivity index is 0. The Morgan fingerprint density at radius 3 is 1.92 bits per heavy atom. The van der Waals surface area contributed by atoms with Crippen molar-refractivity contribution in [1.29, 1.82) is 0 Å². The molecule has 4 nitrogen and oxygen atoms in total. The summed E-state index contributed by atoms with van der Waals surface area (Å²) >= 11 is 0. The summed E-state index contributed by atoms with van der Waals surface area (Å²) in [6.45, 7) is 6.56. The van der Waals surface area contributed by atoms with Gasteiger partial charge in [-0.2, -0.15) is 0 Å². The highest BCUT2D eigenvalue weighted by molar-refractivity contribution is 7.85. The highest BCUT2D eigenvalue weighted by atomic mass is 32.2. The van der Waals surface area contributed by atoms with Crippen LogP contribution in [0.2, 0.25) is 0 Å². The molecule has 0 rings (SSSR count). The number of hydrogen-bond acceptors (Lipinski definition) is 3. The van der Waals surface area contributed by atoms with E-state index in [4.69, 9.17) is 0 Å². The fourth-order valence-electron chi connectivity index (χ4n) is 0.644. The number of nitrogens with one attached hydrogen (secondary N) is 1. The van der Waals surface area contributed by atoms with Crippen LogP contribution in [0.15, 0.2) is 12.7 Å². The number of hydrogen-bond donors (Lipinski definition) is 1. The van der Waals surface area contributed by atoms with E-state index in [1.165, 1.54) is 17.9 Å². The van der Waals surface area contributed by atoms with Gasteiger partial charge in [0.1, 0.15) is 0 Å². The van der Waals surface area contributed by atoms with E-state index in [1.54, 1.807) is 0 Å². The second-order valence-electron chi connectivity index (χ2n) is 2.97. The van der Waals surface area contributed by atoms with Crippen LogP contribution in [0.25, 0.3) is 0 Å². The average molecular weight is 209 g/mol. The fourth-order valence-corrected chi connectivity index (χ4v) is 0.933. The Labute approximate surface area is 81.0 Å². The van der Waals surface area contributed by atoms with Gasteiger partial charge in [-0.3, -0.25) is 0 Å². The van der Waals surface area contributed by atoms with E-state index in [2.05, 4.69) is 27.6 Å². The highest BCUT2D eigenvalue weighted by Crippen LogP contribution is 1.78. The minimum Gasteiger partial charge on any atom is -0.748 e. The lowest BCUT2D eigenvalue weighted by atomic mass is 10.5. The van der Waals surface area contributed by atoms with Crippen LogP contribution in [-0.2, 0) is 10.1 Å². The molecule has 0 aromatic carbocycles. The van der Waals surface area contributed by atoms with Crippen molar-refractivity contribution in [3.8, 4) is 0 Å². The summed E-state index contributed by atoms with van der Waals surface area (Å²) in [4.78, 5) is 1.54. The summed E-state index contributed by atoms with van der Waals surface area (Å²) < 4.78 is 28.8. The molecule has 80 valence electrons. The first-order valence-electron chi connectivity index (χ1n) is 4.17. The molecule has 0 heterocycles. The van der Waals surface area contributed by atoms with Gasteiger partial charge in [-0.25, -0.2) is 8.42 Å². The zero-order valence-electron chi connectivity index (χ0n) is 8.54. The Bertz CT molecular complexity index is 209. The molecule has 0 bridgehead atoms.